The normalized spacial score (nSPS) is 12.5. The minimum absolute atomic E-state index is 0.0747. The average Bonchev–Trinajstić information content (AvgIpc) is 2.56. The summed E-state index contributed by atoms with van der Waals surface area (Å²) in [4.78, 5) is 0.0747. The second-order valence-corrected chi connectivity index (χ2v) is 6.82. The molecule has 1 atom stereocenters. The van der Waals surface area contributed by atoms with Crippen LogP contribution in [-0.4, -0.2) is 28.2 Å². The number of nitriles is 1. The van der Waals surface area contributed by atoms with E-state index in [0.717, 1.165) is 5.56 Å². The maximum Gasteiger partial charge on any atom is 0.240 e. The van der Waals surface area contributed by atoms with E-state index in [1.54, 1.807) is 12.1 Å². The van der Waals surface area contributed by atoms with Crippen molar-refractivity contribution in [3.05, 3.63) is 65.7 Å². The third-order valence-electron chi connectivity index (χ3n) is 3.29. The van der Waals surface area contributed by atoms with Gasteiger partial charge in [0.1, 0.15) is 0 Å². The van der Waals surface area contributed by atoms with Gasteiger partial charge in [-0.05, 0) is 30.2 Å². The second kappa shape index (κ2) is 7.88. The van der Waals surface area contributed by atoms with E-state index in [4.69, 9.17) is 10.00 Å². The number of hydrogen-bond donors (Lipinski definition) is 1. The lowest BCUT2D eigenvalue weighted by molar-refractivity contribution is 0.174. The zero-order valence-electron chi connectivity index (χ0n) is 12.8. The minimum atomic E-state index is -3.72. The van der Waals surface area contributed by atoms with Gasteiger partial charge in [0, 0.05) is 13.2 Å². The van der Waals surface area contributed by atoms with Gasteiger partial charge in [0.2, 0.25) is 10.0 Å². The van der Waals surface area contributed by atoms with Crippen molar-refractivity contribution in [2.45, 2.75) is 17.4 Å². The number of nitrogens with one attached hydrogen (secondary N) is 1. The molecule has 0 aliphatic carbocycles. The molecule has 1 N–H and O–H groups in total. The van der Waals surface area contributed by atoms with Crippen LogP contribution in [0.3, 0.4) is 0 Å². The molecule has 0 saturated carbocycles. The Morgan fingerprint density at radius 3 is 2.57 bits per heavy atom. The summed E-state index contributed by atoms with van der Waals surface area (Å²) < 4.78 is 32.8. The van der Waals surface area contributed by atoms with Crippen LogP contribution in [0.1, 0.15) is 11.1 Å². The Morgan fingerprint density at radius 1 is 1.17 bits per heavy atom. The molecule has 2 aromatic rings. The number of benzene rings is 2. The maximum atomic E-state index is 12.5. The summed E-state index contributed by atoms with van der Waals surface area (Å²) in [5, 5.41) is 8.90. The molecule has 120 valence electrons. The van der Waals surface area contributed by atoms with E-state index in [1.807, 2.05) is 36.4 Å². The number of nitrogens with zero attached hydrogens (tertiary/aromatic N) is 1. The highest BCUT2D eigenvalue weighted by Gasteiger charge is 2.20. The van der Waals surface area contributed by atoms with Crippen molar-refractivity contribution in [2.75, 3.05) is 13.7 Å². The molecular weight excluding hydrogens is 312 g/mol. The van der Waals surface area contributed by atoms with Gasteiger partial charge in [0.15, 0.2) is 0 Å². The van der Waals surface area contributed by atoms with Gasteiger partial charge in [-0.15, -0.1) is 0 Å². The topological polar surface area (TPSA) is 79.2 Å². The van der Waals surface area contributed by atoms with Gasteiger partial charge in [-0.2, -0.15) is 5.26 Å². The fourth-order valence-electron chi connectivity index (χ4n) is 2.25. The van der Waals surface area contributed by atoms with Crippen LogP contribution in [0.15, 0.2) is 59.5 Å². The minimum Gasteiger partial charge on any atom is -0.383 e. The standard InChI is InChI=1S/C17H18N2O3S/c1-22-13-16(10-14-6-3-2-4-7-14)19-23(20,21)17-9-5-8-15(11-17)12-18/h2-9,11,16,19H,10,13H2,1H3. The Morgan fingerprint density at radius 2 is 1.91 bits per heavy atom. The molecule has 2 aromatic carbocycles. The molecule has 0 bridgehead atoms. The monoisotopic (exact) mass is 330 g/mol. The molecule has 6 heteroatoms. The second-order valence-electron chi connectivity index (χ2n) is 5.10. The number of rotatable bonds is 7. The lowest BCUT2D eigenvalue weighted by Gasteiger charge is -2.18. The molecule has 5 nitrogen and oxygen atoms in total. The van der Waals surface area contributed by atoms with E-state index in [-0.39, 0.29) is 11.5 Å². The molecule has 0 radical (unpaired) electrons. The molecule has 1 unspecified atom stereocenters. The molecule has 0 aliphatic heterocycles. The quantitative estimate of drug-likeness (QED) is 0.843. The van der Waals surface area contributed by atoms with Gasteiger partial charge in [0.05, 0.1) is 23.1 Å². The van der Waals surface area contributed by atoms with Gasteiger partial charge in [-0.1, -0.05) is 36.4 Å². The number of methoxy groups -OCH3 is 1. The molecule has 0 amide bonds. The molecule has 0 fully saturated rings. The smallest absolute Gasteiger partial charge is 0.240 e. The summed E-state index contributed by atoms with van der Waals surface area (Å²) in [6.07, 6.45) is 0.520. The molecule has 0 heterocycles. The predicted molar refractivity (Wildman–Crippen MR) is 87.3 cm³/mol. The Balaban J connectivity index is 2.19. The third kappa shape index (κ3) is 4.89. The van der Waals surface area contributed by atoms with Crippen LogP contribution in [0.4, 0.5) is 0 Å². The molecule has 0 saturated heterocycles. The fraction of sp³-hybridized carbons (Fsp3) is 0.235. The van der Waals surface area contributed by atoms with Crippen molar-refractivity contribution < 1.29 is 13.2 Å². The largest absolute Gasteiger partial charge is 0.383 e. The first-order chi connectivity index (χ1) is 11.0. The van der Waals surface area contributed by atoms with Crippen LogP contribution in [0.2, 0.25) is 0 Å². The van der Waals surface area contributed by atoms with E-state index in [9.17, 15) is 8.42 Å². The lowest BCUT2D eigenvalue weighted by Crippen LogP contribution is -2.39. The number of hydrogen-bond acceptors (Lipinski definition) is 4. The van der Waals surface area contributed by atoms with Crippen molar-refractivity contribution in [1.29, 1.82) is 5.26 Å². The summed E-state index contributed by atoms with van der Waals surface area (Å²) in [5.74, 6) is 0. The molecule has 0 aliphatic rings. The summed E-state index contributed by atoms with van der Waals surface area (Å²) >= 11 is 0. The molecular formula is C17H18N2O3S. The highest BCUT2D eigenvalue weighted by molar-refractivity contribution is 7.89. The van der Waals surface area contributed by atoms with Gasteiger partial charge >= 0.3 is 0 Å². The maximum absolute atomic E-state index is 12.5. The Hall–Kier alpha value is -2.20. The van der Waals surface area contributed by atoms with Crippen molar-refractivity contribution in [3.8, 4) is 6.07 Å². The fourth-order valence-corrected chi connectivity index (χ4v) is 3.52. The zero-order chi connectivity index (χ0) is 16.7. The van der Waals surface area contributed by atoms with E-state index < -0.39 is 16.1 Å². The van der Waals surface area contributed by atoms with E-state index in [2.05, 4.69) is 4.72 Å². The Labute approximate surface area is 136 Å². The van der Waals surface area contributed by atoms with E-state index in [0.29, 0.717) is 12.0 Å². The van der Waals surface area contributed by atoms with Gasteiger partial charge in [-0.25, -0.2) is 13.1 Å². The molecule has 2 rings (SSSR count). The van der Waals surface area contributed by atoms with Crippen LogP contribution >= 0.6 is 0 Å². The lowest BCUT2D eigenvalue weighted by atomic mass is 10.1. The predicted octanol–water partition coefficient (Wildman–Crippen LogP) is 2.09. The first-order valence-electron chi connectivity index (χ1n) is 7.10. The van der Waals surface area contributed by atoms with Crippen molar-refractivity contribution >= 4 is 10.0 Å². The van der Waals surface area contributed by atoms with E-state index >= 15 is 0 Å². The van der Waals surface area contributed by atoms with Crippen molar-refractivity contribution in [3.63, 3.8) is 0 Å². The van der Waals surface area contributed by atoms with Crippen LogP contribution in [-0.2, 0) is 21.2 Å². The van der Waals surface area contributed by atoms with Crippen LogP contribution < -0.4 is 4.72 Å². The third-order valence-corrected chi connectivity index (χ3v) is 4.81. The van der Waals surface area contributed by atoms with Gasteiger partial charge in [0.25, 0.3) is 0 Å². The van der Waals surface area contributed by atoms with Gasteiger partial charge < -0.3 is 4.74 Å². The summed E-state index contributed by atoms with van der Waals surface area (Å²) in [5.41, 5.74) is 1.32. The highest BCUT2D eigenvalue weighted by Crippen LogP contribution is 2.13. The first kappa shape index (κ1) is 17.2. The first-order valence-corrected chi connectivity index (χ1v) is 8.59. The SMILES string of the molecule is COCC(Cc1ccccc1)NS(=O)(=O)c1cccc(C#N)c1. The Kier molecular flexibility index (Phi) is 5.88. The van der Waals surface area contributed by atoms with Crippen LogP contribution in [0, 0.1) is 11.3 Å². The average molecular weight is 330 g/mol. The van der Waals surface area contributed by atoms with Crippen molar-refractivity contribution in [1.82, 2.24) is 4.72 Å². The van der Waals surface area contributed by atoms with Crippen LogP contribution in [0.25, 0.3) is 0 Å². The van der Waals surface area contributed by atoms with E-state index in [1.165, 1.54) is 19.2 Å². The number of ether oxygens (including phenoxy) is 1. The zero-order valence-corrected chi connectivity index (χ0v) is 13.6. The summed E-state index contributed by atoms with van der Waals surface area (Å²) in [6, 6.07) is 17.1. The summed E-state index contributed by atoms with van der Waals surface area (Å²) in [6.45, 7) is 0.256. The molecule has 23 heavy (non-hydrogen) atoms. The Bertz CT molecular complexity index is 783. The highest BCUT2D eigenvalue weighted by atomic mass is 32.2. The van der Waals surface area contributed by atoms with Crippen molar-refractivity contribution in [2.24, 2.45) is 0 Å². The molecule has 0 aromatic heterocycles. The molecule has 0 spiro atoms. The van der Waals surface area contributed by atoms with Gasteiger partial charge in [-0.3, -0.25) is 0 Å². The number of sulfonamides is 1. The summed E-state index contributed by atoms with van der Waals surface area (Å²) in [7, 11) is -2.19. The van der Waals surface area contributed by atoms with Crippen LogP contribution in [0.5, 0.6) is 0 Å².